The molecule has 0 bridgehead atoms. The Bertz CT molecular complexity index is 312. The number of rotatable bonds is 3. The van der Waals surface area contributed by atoms with Crippen molar-refractivity contribution in [2.45, 2.75) is 45.3 Å². The summed E-state index contributed by atoms with van der Waals surface area (Å²) in [6, 6.07) is 0.507. The smallest absolute Gasteiger partial charge is 0.113 e. The third-order valence-corrected chi connectivity index (χ3v) is 3.07. The highest BCUT2D eigenvalue weighted by atomic mass is 16.6. The van der Waals surface area contributed by atoms with E-state index >= 15 is 0 Å². The van der Waals surface area contributed by atoms with Crippen LogP contribution in [0.3, 0.4) is 0 Å². The van der Waals surface area contributed by atoms with Crippen LogP contribution in [0.5, 0.6) is 0 Å². The molecule has 1 heterocycles. The van der Waals surface area contributed by atoms with Crippen LogP contribution in [0.25, 0.3) is 0 Å². The summed E-state index contributed by atoms with van der Waals surface area (Å²) < 4.78 is 1.96. The summed E-state index contributed by atoms with van der Waals surface area (Å²) in [7, 11) is 0. The number of nitrogens with two attached hydrogens (primary N) is 1. The van der Waals surface area contributed by atoms with E-state index in [1.54, 1.807) is 0 Å². The van der Waals surface area contributed by atoms with Gasteiger partial charge < -0.3 is 0 Å². The van der Waals surface area contributed by atoms with Crippen molar-refractivity contribution in [2.24, 2.45) is 11.8 Å². The first-order valence-electron chi connectivity index (χ1n) is 5.52. The molecule has 2 atom stereocenters. The molecule has 15 heavy (non-hydrogen) atoms. The van der Waals surface area contributed by atoms with Crippen LogP contribution in [0.15, 0.2) is 6.20 Å². The molecule has 2 N–H and O–H groups in total. The molecule has 1 saturated carbocycles. The average molecular weight is 210 g/mol. The second-order valence-electron chi connectivity index (χ2n) is 4.43. The maximum absolute atomic E-state index is 4.99. The van der Waals surface area contributed by atoms with Crippen LogP contribution in [0.1, 0.15) is 44.3 Å². The normalized spacial score (nSPS) is 26.8. The molecule has 1 fully saturated rings. The van der Waals surface area contributed by atoms with Crippen molar-refractivity contribution in [3.05, 3.63) is 11.9 Å². The summed E-state index contributed by atoms with van der Waals surface area (Å²) in [5, 5.41) is 8.14. The summed E-state index contributed by atoms with van der Waals surface area (Å²) in [6.45, 7) is 2.63. The lowest BCUT2D eigenvalue weighted by atomic mass is 9.87. The van der Waals surface area contributed by atoms with Gasteiger partial charge in [0.05, 0.1) is 12.2 Å². The number of hydrogen-bond acceptors (Lipinski definition) is 4. The molecule has 0 spiro atoms. The van der Waals surface area contributed by atoms with Crippen LogP contribution >= 0.6 is 0 Å². The first kappa shape index (κ1) is 10.6. The second-order valence-corrected chi connectivity index (χ2v) is 4.43. The Kier molecular flexibility index (Phi) is 3.33. The molecule has 5 heteroatoms. The second kappa shape index (κ2) is 4.72. The van der Waals surface area contributed by atoms with Crippen LogP contribution in [0.4, 0.5) is 0 Å². The zero-order valence-corrected chi connectivity index (χ0v) is 9.09. The molecule has 0 saturated heterocycles. The fraction of sp³-hybridized carbons (Fsp3) is 0.800. The van der Waals surface area contributed by atoms with Gasteiger partial charge >= 0.3 is 0 Å². The van der Waals surface area contributed by atoms with Gasteiger partial charge in [-0.15, -0.1) is 5.10 Å². The first-order valence-corrected chi connectivity index (χ1v) is 5.52. The van der Waals surface area contributed by atoms with Crippen LogP contribution in [0, 0.1) is 5.92 Å². The van der Waals surface area contributed by atoms with Gasteiger partial charge in [-0.2, -0.15) is 0 Å². The van der Waals surface area contributed by atoms with Crippen LogP contribution in [-0.2, 0) is 11.4 Å². The van der Waals surface area contributed by atoms with Gasteiger partial charge in [-0.1, -0.05) is 25.0 Å². The summed E-state index contributed by atoms with van der Waals surface area (Å²) >= 11 is 0. The molecule has 84 valence electrons. The van der Waals surface area contributed by atoms with Crippen molar-refractivity contribution in [3.63, 3.8) is 0 Å². The molecule has 0 amide bonds. The van der Waals surface area contributed by atoms with Gasteiger partial charge in [0.25, 0.3) is 0 Å². The van der Waals surface area contributed by atoms with Crippen LogP contribution in [-0.4, -0.2) is 15.0 Å². The number of hydrogen-bond donors (Lipinski definition) is 1. The average Bonchev–Trinajstić information content (AvgIpc) is 2.67. The van der Waals surface area contributed by atoms with E-state index in [9.17, 15) is 0 Å². The van der Waals surface area contributed by atoms with Gasteiger partial charge in [-0.25, -0.2) is 10.6 Å². The fourth-order valence-corrected chi connectivity index (χ4v) is 2.29. The zero-order chi connectivity index (χ0) is 10.7. The van der Waals surface area contributed by atoms with Crippen LogP contribution < -0.4 is 5.90 Å². The molecular weight excluding hydrogens is 192 g/mol. The monoisotopic (exact) mass is 210 g/mol. The number of nitrogens with zero attached hydrogens (tertiary/aromatic N) is 3. The highest BCUT2D eigenvalue weighted by Gasteiger charge is 2.21. The molecule has 1 aliphatic rings. The molecule has 2 rings (SSSR count). The lowest BCUT2D eigenvalue weighted by Gasteiger charge is -2.26. The van der Waals surface area contributed by atoms with Gasteiger partial charge in [0.2, 0.25) is 0 Å². The quantitative estimate of drug-likeness (QED) is 0.766. The molecule has 0 aliphatic heterocycles. The van der Waals surface area contributed by atoms with E-state index in [0.29, 0.717) is 12.6 Å². The van der Waals surface area contributed by atoms with Crippen molar-refractivity contribution >= 4 is 0 Å². The van der Waals surface area contributed by atoms with Crippen LogP contribution in [0.2, 0.25) is 0 Å². The van der Waals surface area contributed by atoms with Crippen molar-refractivity contribution < 1.29 is 4.84 Å². The predicted octanol–water partition coefficient (Wildman–Crippen LogP) is 1.42. The molecule has 1 aromatic heterocycles. The lowest BCUT2D eigenvalue weighted by Crippen LogP contribution is -2.18. The summed E-state index contributed by atoms with van der Waals surface area (Å²) in [4.78, 5) is 4.53. The first-order chi connectivity index (χ1) is 7.29. The molecule has 0 aromatic carbocycles. The maximum atomic E-state index is 4.99. The molecule has 1 aliphatic carbocycles. The topological polar surface area (TPSA) is 66.0 Å². The van der Waals surface area contributed by atoms with Crippen molar-refractivity contribution in [1.82, 2.24) is 15.0 Å². The Morgan fingerprint density at radius 2 is 2.47 bits per heavy atom. The SMILES string of the molecule is CC1CCCC(n2cc(CON)nn2)C1. The van der Waals surface area contributed by atoms with Crippen molar-refractivity contribution in [1.29, 1.82) is 0 Å². The molecule has 2 unspecified atom stereocenters. The minimum atomic E-state index is 0.336. The van der Waals surface area contributed by atoms with E-state index in [2.05, 4.69) is 22.1 Å². The van der Waals surface area contributed by atoms with Crippen molar-refractivity contribution in [2.75, 3.05) is 0 Å². The van der Waals surface area contributed by atoms with Gasteiger partial charge in [-0.3, -0.25) is 4.84 Å². The van der Waals surface area contributed by atoms with Gasteiger partial charge in [0.1, 0.15) is 12.3 Å². The fourth-order valence-electron chi connectivity index (χ4n) is 2.29. The summed E-state index contributed by atoms with van der Waals surface area (Å²) in [5.41, 5.74) is 0.802. The Balaban J connectivity index is 2.01. The Morgan fingerprint density at radius 3 is 3.20 bits per heavy atom. The van der Waals surface area contributed by atoms with E-state index in [-0.39, 0.29) is 0 Å². The van der Waals surface area contributed by atoms with E-state index in [4.69, 9.17) is 5.90 Å². The standard InChI is InChI=1S/C10H18N4O/c1-8-3-2-4-10(5-8)14-6-9(7-15-11)12-13-14/h6,8,10H,2-5,7,11H2,1H3. The van der Waals surface area contributed by atoms with Gasteiger partial charge in [0, 0.05) is 0 Å². The maximum Gasteiger partial charge on any atom is 0.113 e. The minimum absolute atomic E-state index is 0.336. The third-order valence-electron chi connectivity index (χ3n) is 3.07. The van der Waals surface area contributed by atoms with Gasteiger partial charge in [-0.05, 0) is 18.8 Å². The molecule has 1 aromatic rings. The lowest BCUT2D eigenvalue weighted by molar-refractivity contribution is 0.121. The van der Waals surface area contributed by atoms with E-state index in [1.165, 1.54) is 25.7 Å². The molecular formula is C10H18N4O. The Hall–Kier alpha value is -0.940. The zero-order valence-electron chi connectivity index (χ0n) is 9.09. The van der Waals surface area contributed by atoms with E-state index in [1.807, 2.05) is 10.9 Å². The van der Waals surface area contributed by atoms with Crippen molar-refractivity contribution in [3.8, 4) is 0 Å². The summed E-state index contributed by atoms with van der Waals surface area (Å²) in [5.74, 6) is 5.79. The Morgan fingerprint density at radius 1 is 1.60 bits per heavy atom. The molecule has 0 radical (unpaired) electrons. The molecule has 5 nitrogen and oxygen atoms in total. The Labute approximate surface area is 89.5 Å². The summed E-state index contributed by atoms with van der Waals surface area (Å²) in [6.07, 6.45) is 6.97. The van der Waals surface area contributed by atoms with E-state index in [0.717, 1.165) is 11.6 Å². The van der Waals surface area contributed by atoms with Gasteiger partial charge in [0.15, 0.2) is 0 Å². The number of aromatic nitrogens is 3. The highest BCUT2D eigenvalue weighted by Crippen LogP contribution is 2.31. The highest BCUT2D eigenvalue weighted by molar-refractivity contribution is 4.91. The van der Waals surface area contributed by atoms with E-state index < -0.39 is 0 Å². The minimum Gasteiger partial charge on any atom is -0.298 e. The third kappa shape index (κ3) is 2.54. The predicted molar refractivity (Wildman–Crippen MR) is 55.7 cm³/mol. The largest absolute Gasteiger partial charge is 0.298 e.